The van der Waals surface area contributed by atoms with Crippen LogP contribution in [0.2, 0.25) is 0 Å². The number of hydrogen-bond donors (Lipinski definition) is 2. The van der Waals surface area contributed by atoms with Gasteiger partial charge in [-0.2, -0.15) is 5.26 Å². The molecule has 1 aliphatic heterocycles. The lowest BCUT2D eigenvalue weighted by atomic mass is 10.1. The van der Waals surface area contributed by atoms with E-state index in [1.165, 1.54) is 0 Å². The molecule has 1 heterocycles. The summed E-state index contributed by atoms with van der Waals surface area (Å²) in [7, 11) is 0. The molecule has 88 valence electrons. The number of carbonyl (C=O) groups excluding carboxylic acids is 1. The summed E-state index contributed by atoms with van der Waals surface area (Å²) < 4.78 is 0. The number of hydrogen-bond acceptors (Lipinski definition) is 4. The van der Waals surface area contributed by atoms with Crippen LogP contribution in [0.1, 0.15) is 12.0 Å². The SMILES string of the molecule is N#Cc1cc(N2CCNC(=O)CC2)ccc1N. The van der Waals surface area contributed by atoms with Gasteiger partial charge in [0.25, 0.3) is 0 Å². The van der Waals surface area contributed by atoms with Crippen molar-refractivity contribution in [2.75, 3.05) is 30.3 Å². The molecule has 0 radical (unpaired) electrons. The van der Waals surface area contributed by atoms with Crippen LogP contribution in [0.15, 0.2) is 18.2 Å². The second kappa shape index (κ2) is 4.74. The lowest BCUT2D eigenvalue weighted by Gasteiger charge is -2.22. The molecular weight excluding hydrogens is 216 g/mol. The van der Waals surface area contributed by atoms with E-state index in [9.17, 15) is 4.79 Å². The zero-order chi connectivity index (χ0) is 12.3. The molecule has 1 amide bonds. The molecule has 0 spiro atoms. The van der Waals surface area contributed by atoms with Crippen molar-refractivity contribution in [1.29, 1.82) is 5.26 Å². The molecule has 17 heavy (non-hydrogen) atoms. The quantitative estimate of drug-likeness (QED) is 0.687. The van der Waals surface area contributed by atoms with Crippen molar-refractivity contribution in [2.45, 2.75) is 6.42 Å². The monoisotopic (exact) mass is 230 g/mol. The lowest BCUT2D eigenvalue weighted by molar-refractivity contribution is -0.120. The van der Waals surface area contributed by atoms with Crippen LogP contribution in [-0.2, 0) is 4.79 Å². The summed E-state index contributed by atoms with van der Waals surface area (Å²) in [6, 6.07) is 7.44. The van der Waals surface area contributed by atoms with Crippen molar-refractivity contribution in [2.24, 2.45) is 0 Å². The van der Waals surface area contributed by atoms with Crippen molar-refractivity contribution in [3.8, 4) is 6.07 Å². The molecule has 5 nitrogen and oxygen atoms in total. The summed E-state index contributed by atoms with van der Waals surface area (Å²) in [5.41, 5.74) is 7.58. The van der Waals surface area contributed by atoms with Crippen LogP contribution in [0, 0.1) is 11.3 Å². The van der Waals surface area contributed by atoms with Gasteiger partial charge in [-0.25, -0.2) is 0 Å². The number of benzene rings is 1. The molecule has 0 unspecified atom stereocenters. The first-order chi connectivity index (χ1) is 8.20. The average molecular weight is 230 g/mol. The van der Waals surface area contributed by atoms with Gasteiger partial charge in [-0.05, 0) is 18.2 Å². The third kappa shape index (κ3) is 2.48. The van der Waals surface area contributed by atoms with E-state index in [4.69, 9.17) is 11.0 Å². The molecule has 0 bridgehead atoms. The third-order valence-electron chi connectivity index (χ3n) is 2.84. The lowest BCUT2D eigenvalue weighted by Crippen LogP contribution is -2.28. The van der Waals surface area contributed by atoms with Crippen molar-refractivity contribution in [3.05, 3.63) is 23.8 Å². The molecule has 0 saturated carbocycles. The highest BCUT2D eigenvalue weighted by Gasteiger charge is 2.14. The predicted octanol–water partition coefficient (Wildman–Crippen LogP) is 0.467. The Bertz CT molecular complexity index is 478. The summed E-state index contributed by atoms with van der Waals surface area (Å²) in [5, 5.41) is 11.7. The normalized spacial score (nSPS) is 15.9. The van der Waals surface area contributed by atoms with E-state index in [0.29, 0.717) is 30.8 Å². The molecule has 1 saturated heterocycles. The number of anilines is 2. The fourth-order valence-electron chi connectivity index (χ4n) is 1.86. The summed E-state index contributed by atoms with van der Waals surface area (Å²) in [5.74, 6) is 0.0726. The van der Waals surface area contributed by atoms with Crippen LogP contribution in [0.5, 0.6) is 0 Å². The average Bonchev–Trinajstić information content (AvgIpc) is 2.55. The van der Waals surface area contributed by atoms with Crippen molar-refractivity contribution in [1.82, 2.24) is 5.32 Å². The number of nitrogens with two attached hydrogens (primary N) is 1. The Kier molecular flexibility index (Phi) is 3.15. The Labute approximate surface area is 99.8 Å². The van der Waals surface area contributed by atoms with Gasteiger partial charge in [0.05, 0.1) is 5.56 Å². The highest BCUT2D eigenvalue weighted by Crippen LogP contribution is 2.21. The van der Waals surface area contributed by atoms with E-state index in [-0.39, 0.29) is 5.91 Å². The number of nitrogen functional groups attached to an aromatic ring is 1. The van der Waals surface area contributed by atoms with Crippen LogP contribution in [0.4, 0.5) is 11.4 Å². The number of nitriles is 1. The topological polar surface area (TPSA) is 82.2 Å². The van der Waals surface area contributed by atoms with Gasteiger partial charge < -0.3 is 16.0 Å². The van der Waals surface area contributed by atoms with Crippen LogP contribution < -0.4 is 16.0 Å². The van der Waals surface area contributed by atoms with Gasteiger partial charge >= 0.3 is 0 Å². The number of rotatable bonds is 1. The Morgan fingerprint density at radius 3 is 3.00 bits per heavy atom. The number of nitrogens with one attached hydrogen (secondary N) is 1. The van der Waals surface area contributed by atoms with Gasteiger partial charge in [-0.3, -0.25) is 4.79 Å². The summed E-state index contributed by atoms with van der Waals surface area (Å²) in [6.45, 7) is 2.05. The van der Waals surface area contributed by atoms with Crippen molar-refractivity contribution < 1.29 is 4.79 Å². The van der Waals surface area contributed by atoms with Gasteiger partial charge in [0.15, 0.2) is 0 Å². The molecule has 1 fully saturated rings. The maximum atomic E-state index is 11.2. The van der Waals surface area contributed by atoms with Crippen LogP contribution in [0.3, 0.4) is 0 Å². The van der Waals surface area contributed by atoms with Gasteiger partial charge in [-0.15, -0.1) is 0 Å². The van der Waals surface area contributed by atoms with E-state index in [2.05, 4.69) is 16.3 Å². The smallest absolute Gasteiger partial charge is 0.221 e. The third-order valence-corrected chi connectivity index (χ3v) is 2.84. The van der Waals surface area contributed by atoms with E-state index in [1.54, 1.807) is 12.1 Å². The first-order valence-electron chi connectivity index (χ1n) is 5.52. The maximum absolute atomic E-state index is 11.2. The Morgan fingerprint density at radius 2 is 2.24 bits per heavy atom. The maximum Gasteiger partial charge on any atom is 0.221 e. The first-order valence-corrected chi connectivity index (χ1v) is 5.52. The van der Waals surface area contributed by atoms with Gasteiger partial charge in [0.2, 0.25) is 5.91 Å². The van der Waals surface area contributed by atoms with Crippen LogP contribution >= 0.6 is 0 Å². The molecule has 5 heteroatoms. The highest BCUT2D eigenvalue weighted by atomic mass is 16.1. The Hall–Kier alpha value is -2.22. The Morgan fingerprint density at radius 1 is 1.41 bits per heavy atom. The second-order valence-corrected chi connectivity index (χ2v) is 3.97. The molecule has 0 atom stereocenters. The fraction of sp³-hybridized carbons (Fsp3) is 0.333. The van der Waals surface area contributed by atoms with E-state index in [0.717, 1.165) is 12.2 Å². The molecule has 0 aliphatic carbocycles. The molecule has 0 aromatic heterocycles. The highest BCUT2D eigenvalue weighted by molar-refractivity contribution is 5.77. The van der Waals surface area contributed by atoms with E-state index < -0.39 is 0 Å². The zero-order valence-electron chi connectivity index (χ0n) is 9.44. The second-order valence-electron chi connectivity index (χ2n) is 3.97. The standard InChI is InChI=1S/C12H14N4O/c13-8-9-7-10(1-2-11(9)14)16-5-3-12(17)15-4-6-16/h1-2,7H,3-6,14H2,(H,15,17). The number of amides is 1. The molecule has 3 N–H and O–H groups in total. The molecule has 1 aliphatic rings. The number of nitrogens with zero attached hydrogens (tertiary/aromatic N) is 2. The predicted molar refractivity (Wildman–Crippen MR) is 65.4 cm³/mol. The van der Waals surface area contributed by atoms with Gasteiger partial charge in [0, 0.05) is 37.4 Å². The van der Waals surface area contributed by atoms with Crippen LogP contribution in [0.25, 0.3) is 0 Å². The summed E-state index contributed by atoms with van der Waals surface area (Å²) in [4.78, 5) is 13.3. The largest absolute Gasteiger partial charge is 0.398 e. The molecular formula is C12H14N4O. The zero-order valence-corrected chi connectivity index (χ0v) is 9.44. The number of carbonyl (C=O) groups is 1. The fourth-order valence-corrected chi connectivity index (χ4v) is 1.86. The summed E-state index contributed by atoms with van der Waals surface area (Å²) in [6.07, 6.45) is 0.478. The minimum atomic E-state index is 0.0726. The molecule has 1 aromatic carbocycles. The first kappa shape index (κ1) is 11.3. The minimum Gasteiger partial charge on any atom is -0.398 e. The minimum absolute atomic E-state index is 0.0726. The summed E-state index contributed by atoms with van der Waals surface area (Å²) >= 11 is 0. The van der Waals surface area contributed by atoms with Gasteiger partial charge in [-0.1, -0.05) is 0 Å². The molecule has 1 aromatic rings. The Balaban J connectivity index is 2.22. The van der Waals surface area contributed by atoms with Gasteiger partial charge in [0.1, 0.15) is 6.07 Å². The van der Waals surface area contributed by atoms with E-state index >= 15 is 0 Å². The van der Waals surface area contributed by atoms with Crippen molar-refractivity contribution >= 4 is 17.3 Å². The molecule has 2 rings (SSSR count). The van der Waals surface area contributed by atoms with E-state index in [1.807, 2.05) is 6.07 Å². The van der Waals surface area contributed by atoms with Crippen molar-refractivity contribution in [3.63, 3.8) is 0 Å². The van der Waals surface area contributed by atoms with Crippen LogP contribution in [-0.4, -0.2) is 25.5 Å².